The summed E-state index contributed by atoms with van der Waals surface area (Å²) in [4.78, 5) is 24.2. The van der Waals surface area contributed by atoms with E-state index in [1.807, 2.05) is 13.8 Å². The summed E-state index contributed by atoms with van der Waals surface area (Å²) >= 11 is 0. The van der Waals surface area contributed by atoms with Gasteiger partial charge in [0.15, 0.2) is 0 Å². The van der Waals surface area contributed by atoms with E-state index in [9.17, 15) is 9.59 Å². The minimum atomic E-state index is -0.191. The van der Waals surface area contributed by atoms with Gasteiger partial charge in [-0.1, -0.05) is 20.4 Å². The summed E-state index contributed by atoms with van der Waals surface area (Å²) < 4.78 is 0. The lowest BCUT2D eigenvalue weighted by Crippen LogP contribution is -2.40. The maximum atomic E-state index is 11.4. The van der Waals surface area contributed by atoms with Crippen LogP contribution in [0.4, 0.5) is 0 Å². The van der Waals surface area contributed by atoms with Crippen LogP contribution in [0.3, 0.4) is 0 Å². The molecule has 0 aromatic carbocycles. The van der Waals surface area contributed by atoms with Gasteiger partial charge in [0.25, 0.3) is 0 Å². The first kappa shape index (κ1) is 13.7. The molecular weight excluding hydrogens is 192 g/mol. The standard InChI is InChI=1S/C11H20N2O2/c1-4-7-12-10(14)9-13(8-5-2)11(15)6-3/h6H,3-5,7-9H2,1-2H3,(H,12,14). The van der Waals surface area contributed by atoms with Crippen molar-refractivity contribution >= 4 is 11.8 Å². The number of carbonyl (C=O) groups excluding carboxylic acids is 2. The van der Waals surface area contributed by atoms with Gasteiger partial charge < -0.3 is 10.2 Å². The third-order valence-corrected chi connectivity index (χ3v) is 1.89. The Bertz CT molecular complexity index is 227. The van der Waals surface area contributed by atoms with Crippen LogP contribution in [-0.4, -0.2) is 36.3 Å². The van der Waals surface area contributed by atoms with Crippen LogP contribution in [0.2, 0.25) is 0 Å². The van der Waals surface area contributed by atoms with Crippen molar-refractivity contribution in [3.05, 3.63) is 12.7 Å². The highest BCUT2D eigenvalue weighted by Crippen LogP contribution is 1.93. The first-order valence-electron chi connectivity index (χ1n) is 5.33. The summed E-state index contributed by atoms with van der Waals surface area (Å²) in [5.41, 5.74) is 0. The van der Waals surface area contributed by atoms with E-state index in [1.54, 1.807) is 0 Å². The van der Waals surface area contributed by atoms with Gasteiger partial charge in [0.2, 0.25) is 11.8 Å². The number of hydrogen-bond donors (Lipinski definition) is 1. The third kappa shape index (κ3) is 5.88. The highest BCUT2D eigenvalue weighted by Gasteiger charge is 2.12. The van der Waals surface area contributed by atoms with Gasteiger partial charge in [0.1, 0.15) is 0 Å². The zero-order valence-electron chi connectivity index (χ0n) is 9.58. The van der Waals surface area contributed by atoms with Crippen LogP contribution in [0.5, 0.6) is 0 Å². The predicted octanol–water partition coefficient (Wildman–Crippen LogP) is 0.937. The first-order valence-corrected chi connectivity index (χ1v) is 5.33. The van der Waals surface area contributed by atoms with Crippen molar-refractivity contribution in [1.82, 2.24) is 10.2 Å². The van der Waals surface area contributed by atoms with Gasteiger partial charge in [-0.25, -0.2) is 0 Å². The van der Waals surface area contributed by atoms with Gasteiger partial charge >= 0.3 is 0 Å². The summed E-state index contributed by atoms with van der Waals surface area (Å²) in [6.45, 7) is 8.73. The van der Waals surface area contributed by atoms with Gasteiger partial charge in [-0.2, -0.15) is 0 Å². The van der Waals surface area contributed by atoms with E-state index < -0.39 is 0 Å². The lowest BCUT2D eigenvalue weighted by Gasteiger charge is -2.19. The van der Waals surface area contributed by atoms with E-state index in [0.29, 0.717) is 13.1 Å². The molecule has 0 fully saturated rings. The minimum absolute atomic E-state index is 0.111. The van der Waals surface area contributed by atoms with E-state index in [-0.39, 0.29) is 18.4 Å². The van der Waals surface area contributed by atoms with Crippen molar-refractivity contribution in [3.8, 4) is 0 Å². The van der Waals surface area contributed by atoms with Crippen molar-refractivity contribution in [3.63, 3.8) is 0 Å². The van der Waals surface area contributed by atoms with Crippen LogP contribution < -0.4 is 5.32 Å². The second-order valence-corrected chi connectivity index (χ2v) is 3.31. The number of amides is 2. The Balaban J connectivity index is 4.09. The molecule has 0 aromatic heterocycles. The summed E-state index contributed by atoms with van der Waals surface area (Å²) in [5.74, 6) is -0.302. The lowest BCUT2D eigenvalue weighted by atomic mass is 10.3. The maximum Gasteiger partial charge on any atom is 0.246 e. The Morgan fingerprint density at radius 2 is 2.00 bits per heavy atom. The normalized spacial score (nSPS) is 9.47. The van der Waals surface area contributed by atoms with Crippen LogP contribution in [0.15, 0.2) is 12.7 Å². The summed E-state index contributed by atoms with van der Waals surface area (Å²) in [6, 6.07) is 0. The largest absolute Gasteiger partial charge is 0.355 e. The molecule has 2 amide bonds. The van der Waals surface area contributed by atoms with Gasteiger partial charge in [-0.05, 0) is 18.9 Å². The molecule has 0 rings (SSSR count). The van der Waals surface area contributed by atoms with Gasteiger partial charge in [-0.15, -0.1) is 0 Å². The van der Waals surface area contributed by atoms with Crippen LogP contribution in [-0.2, 0) is 9.59 Å². The van der Waals surface area contributed by atoms with Gasteiger partial charge in [0, 0.05) is 13.1 Å². The molecule has 0 bridgehead atoms. The molecule has 0 unspecified atom stereocenters. The topological polar surface area (TPSA) is 49.4 Å². The van der Waals surface area contributed by atoms with E-state index in [2.05, 4.69) is 11.9 Å². The Morgan fingerprint density at radius 3 is 2.47 bits per heavy atom. The monoisotopic (exact) mass is 212 g/mol. The maximum absolute atomic E-state index is 11.4. The molecule has 4 nitrogen and oxygen atoms in total. The Hall–Kier alpha value is -1.32. The third-order valence-electron chi connectivity index (χ3n) is 1.89. The molecule has 0 aliphatic carbocycles. The van der Waals surface area contributed by atoms with Gasteiger partial charge in [0.05, 0.1) is 6.54 Å². The van der Waals surface area contributed by atoms with Crippen LogP contribution >= 0.6 is 0 Å². The van der Waals surface area contributed by atoms with E-state index in [1.165, 1.54) is 11.0 Å². The van der Waals surface area contributed by atoms with Crippen molar-refractivity contribution in [2.75, 3.05) is 19.6 Å². The van der Waals surface area contributed by atoms with E-state index >= 15 is 0 Å². The van der Waals surface area contributed by atoms with Crippen molar-refractivity contribution in [1.29, 1.82) is 0 Å². The molecule has 1 N–H and O–H groups in total. The molecule has 4 heteroatoms. The molecule has 0 spiro atoms. The minimum Gasteiger partial charge on any atom is -0.355 e. The molecule has 0 saturated carbocycles. The number of hydrogen-bond acceptors (Lipinski definition) is 2. The summed E-state index contributed by atoms with van der Waals surface area (Å²) in [5, 5.41) is 2.73. The summed E-state index contributed by atoms with van der Waals surface area (Å²) in [7, 11) is 0. The number of nitrogens with zero attached hydrogens (tertiary/aromatic N) is 1. The highest BCUT2D eigenvalue weighted by atomic mass is 16.2. The van der Waals surface area contributed by atoms with Crippen molar-refractivity contribution < 1.29 is 9.59 Å². The number of carbonyl (C=O) groups is 2. The molecule has 0 saturated heterocycles. The SMILES string of the molecule is C=CC(=O)N(CCC)CC(=O)NCCC. The van der Waals surface area contributed by atoms with Gasteiger partial charge in [-0.3, -0.25) is 9.59 Å². The Labute approximate surface area is 91.3 Å². The first-order chi connectivity index (χ1) is 7.15. The average Bonchev–Trinajstić information content (AvgIpc) is 2.24. The molecule has 0 radical (unpaired) electrons. The fourth-order valence-corrected chi connectivity index (χ4v) is 1.16. The van der Waals surface area contributed by atoms with Crippen LogP contribution in [0.1, 0.15) is 26.7 Å². The van der Waals surface area contributed by atoms with E-state index in [4.69, 9.17) is 0 Å². The number of nitrogens with one attached hydrogen (secondary N) is 1. The van der Waals surface area contributed by atoms with Crippen LogP contribution in [0.25, 0.3) is 0 Å². The fraction of sp³-hybridized carbons (Fsp3) is 0.636. The molecule has 0 heterocycles. The molecule has 15 heavy (non-hydrogen) atoms. The zero-order valence-corrected chi connectivity index (χ0v) is 9.58. The van der Waals surface area contributed by atoms with Crippen LogP contribution in [0, 0.1) is 0 Å². The molecule has 0 atom stereocenters. The second-order valence-electron chi connectivity index (χ2n) is 3.31. The zero-order chi connectivity index (χ0) is 11.7. The molecule has 0 aliphatic rings. The fourth-order valence-electron chi connectivity index (χ4n) is 1.16. The molecule has 0 aromatic rings. The molecular formula is C11H20N2O2. The average molecular weight is 212 g/mol. The second kappa shape index (κ2) is 8.03. The highest BCUT2D eigenvalue weighted by molar-refractivity contribution is 5.90. The lowest BCUT2D eigenvalue weighted by molar-refractivity contribution is -0.132. The number of rotatable bonds is 7. The van der Waals surface area contributed by atoms with Crippen molar-refractivity contribution in [2.24, 2.45) is 0 Å². The molecule has 0 aliphatic heterocycles. The molecule has 86 valence electrons. The van der Waals surface area contributed by atoms with E-state index in [0.717, 1.165) is 12.8 Å². The Morgan fingerprint density at radius 1 is 1.33 bits per heavy atom. The predicted molar refractivity (Wildman–Crippen MR) is 60.4 cm³/mol. The smallest absolute Gasteiger partial charge is 0.246 e. The van der Waals surface area contributed by atoms with Crippen molar-refractivity contribution in [2.45, 2.75) is 26.7 Å². The quantitative estimate of drug-likeness (QED) is 0.638. The Kier molecular flexibility index (Phi) is 7.32. The summed E-state index contributed by atoms with van der Waals surface area (Å²) in [6.07, 6.45) is 2.97.